The van der Waals surface area contributed by atoms with E-state index < -0.39 is 0 Å². The SMILES string of the molecule is CCC1CCC(N(C)C2Cc3ccccc3C2NC)CC1. The molecule has 116 valence electrons. The molecule has 1 aromatic rings. The van der Waals surface area contributed by atoms with Crippen molar-refractivity contribution >= 4 is 0 Å². The molecule has 2 unspecified atom stereocenters. The maximum absolute atomic E-state index is 3.57. The zero-order chi connectivity index (χ0) is 14.8. The number of hydrogen-bond donors (Lipinski definition) is 1. The Morgan fingerprint density at radius 3 is 2.52 bits per heavy atom. The molecule has 1 aromatic carbocycles. The highest BCUT2D eigenvalue weighted by Gasteiger charge is 2.37. The van der Waals surface area contributed by atoms with Crippen molar-refractivity contribution in [3.8, 4) is 0 Å². The highest BCUT2D eigenvalue weighted by atomic mass is 15.2. The van der Waals surface area contributed by atoms with Gasteiger partial charge in [-0.1, -0.05) is 37.6 Å². The van der Waals surface area contributed by atoms with Crippen LogP contribution in [0.2, 0.25) is 0 Å². The normalized spacial score (nSPS) is 32.4. The van der Waals surface area contributed by atoms with Gasteiger partial charge in [-0.05, 0) is 63.2 Å². The smallest absolute Gasteiger partial charge is 0.0481 e. The second-order valence-electron chi connectivity index (χ2n) is 6.98. The minimum absolute atomic E-state index is 0.495. The Hall–Kier alpha value is -0.860. The lowest BCUT2D eigenvalue weighted by molar-refractivity contribution is 0.104. The molecule has 0 amide bonds. The van der Waals surface area contributed by atoms with Gasteiger partial charge in [-0.25, -0.2) is 0 Å². The maximum atomic E-state index is 3.57. The van der Waals surface area contributed by atoms with Crippen LogP contribution in [-0.2, 0) is 6.42 Å². The number of nitrogens with one attached hydrogen (secondary N) is 1. The van der Waals surface area contributed by atoms with Crippen LogP contribution >= 0.6 is 0 Å². The van der Waals surface area contributed by atoms with E-state index >= 15 is 0 Å². The van der Waals surface area contributed by atoms with Crippen LogP contribution in [0, 0.1) is 5.92 Å². The highest BCUT2D eigenvalue weighted by Crippen LogP contribution is 2.37. The van der Waals surface area contributed by atoms with E-state index in [0.29, 0.717) is 12.1 Å². The van der Waals surface area contributed by atoms with Crippen molar-refractivity contribution < 1.29 is 0 Å². The average Bonchev–Trinajstić information content (AvgIpc) is 2.92. The fourth-order valence-electron chi connectivity index (χ4n) is 4.53. The van der Waals surface area contributed by atoms with Crippen molar-refractivity contribution in [1.82, 2.24) is 10.2 Å². The molecule has 1 fully saturated rings. The van der Waals surface area contributed by atoms with Gasteiger partial charge in [0.05, 0.1) is 0 Å². The summed E-state index contributed by atoms with van der Waals surface area (Å²) in [5.41, 5.74) is 3.05. The Morgan fingerprint density at radius 2 is 1.86 bits per heavy atom. The summed E-state index contributed by atoms with van der Waals surface area (Å²) < 4.78 is 0. The lowest BCUT2D eigenvalue weighted by atomic mass is 9.83. The van der Waals surface area contributed by atoms with E-state index in [2.05, 4.69) is 55.5 Å². The molecule has 0 spiro atoms. The quantitative estimate of drug-likeness (QED) is 0.906. The van der Waals surface area contributed by atoms with Gasteiger partial charge in [0, 0.05) is 18.1 Å². The number of nitrogens with zero attached hydrogens (tertiary/aromatic N) is 1. The van der Waals surface area contributed by atoms with E-state index in [1.54, 1.807) is 0 Å². The Kier molecular flexibility index (Phi) is 4.66. The maximum Gasteiger partial charge on any atom is 0.0481 e. The van der Waals surface area contributed by atoms with Crippen LogP contribution in [0.15, 0.2) is 24.3 Å². The molecular formula is C19H30N2. The number of fused-ring (bicyclic) bond motifs is 1. The van der Waals surface area contributed by atoms with E-state index in [9.17, 15) is 0 Å². The average molecular weight is 286 g/mol. The van der Waals surface area contributed by atoms with Crippen LogP contribution in [-0.4, -0.2) is 31.1 Å². The predicted molar refractivity (Wildman–Crippen MR) is 89.5 cm³/mol. The molecule has 0 radical (unpaired) electrons. The number of hydrogen-bond acceptors (Lipinski definition) is 2. The van der Waals surface area contributed by atoms with E-state index in [1.807, 2.05) is 0 Å². The highest BCUT2D eigenvalue weighted by molar-refractivity contribution is 5.37. The standard InChI is InChI=1S/C19H30N2/c1-4-14-9-11-16(12-10-14)21(3)18-13-15-7-5-6-8-17(15)19(18)20-2/h5-8,14,16,18-20H,4,9-13H2,1-3H3. The summed E-state index contributed by atoms with van der Waals surface area (Å²) in [4.78, 5) is 2.69. The molecule has 0 bridgehead atoms. The van der Waals surface area contributed by atoms with Crippen molar-refractivity contribution in [2.45, 2.75) is 63.6 Å². The van der Waals surface area contributed by atoms with Crippen LogP contribution in [0.1, 0.15) is 56.2 Å². The second-order valence-corrected chi connectivity index (χ2v) is 6.98. The van der Waals surface area contributed by atoms with Crippen molar-refractivity contribution in [2.75, 3.05) is 14.1 Å². The summed E-state index contributed by atoms with van der Waals surface area (Å²) >= 11 is 0. The summed E-state index contributed by atoms with van der Waals surface area (Å²) in [6.07, 6.45) is 8.19. The molecule has 21 heavy (non-hydrogen) atoms. The summed E-state index contributed by atoms with van der Waals surface area (Å²) in [7, 11) is 4.47. The lowest BCUT2D eigenvalue weighted by Gasteiger charge is -2.40. The predicted octanol–water partition coefficient (Wildman–Crippen LogP) is 3.77. The Bertz CT molecular complexity index is 462. The second kappa shape index (κ2) is 6.50. The first kappa shape index (κ1) is 15.1. The largest absolute Gasteiger partial charge is 0.312 e. The van der Waals surface area contributed by atoms with Crippen molar-refractivity contribution in [3.63, 3.8) is 0 Å². The van der Waals surface area contributed by atoms with Crippen LogP contribution in [0.3, 0.4) is 0 Å². The molecule has 2 atom stereocenters. The number of rotatable bonds is 4. The van der Waals surface area contributed by atoms with Gasteiger partial charge in [-0.15, -0.1) is 0 Å². The first-order valence-corrected chi connectivity index (χ1v) is 8.71. The van der Waals surface area contributed by atoms with E-state index in [0.717, 1.165) is 12.0 Å². The fraction of sp³-hybridized carbons (Fsp3) is 0.684. The summed E-state index contributed by atoms with van der Waals surface area (Å²) in [5.74, 6) is 0.982. The Morgan fingerprint density at radius 1 is 1.14 bits per heavy atom. The third-order valence-corrected chi connectivity index (χ3v) is 6.01. The zero-order valence-electron chi connectivity index (χ0n) is 13.8. The minimum atomic E-state index is 0.495. The number of likely N-dealkylation sites (N-methyl/N-ethyl adjacent to an activating group) is 2. The summed E-state index contributed by atoms with van der Waals surface area (Å²) in [6.45, 7) is 2.35. The van der Waals surface area contributed by atoms with Crippen LogP contribution in [0.25, 0.3) is 0 Å². The summed E-state index contributed by atoms with van der Waals surface area (Å²) in [5, 5.41) is 3.57. The first-order valence-electron chi connectivity index (χ1n) is 8.71. The first-order chi connectivity index (χ1) is 10.2. The van der Waals surface area contributed by atoms with E-state index in [-0.39, 0.29) is 0 Å². The lowest BCUT2D eigenvalue weighted by Crippen LogP contribution is -2.46. The monoisotopic (exact) mass is 286 g/mol. The molecule has 2 aliphatic carbocycles. The van der Waals surface area contributed by atoms with Gasteiger partial charge in [-0.3, -0.25) is 4.90 Å². The zero-order valence-corrected chi connectivity index (χ0v) is 13.8. The third-order valence-electron chi connectivity index (χ3n) is 6.01. The Labute approximate surface area is 129 Å². The molecule has 0 aromatic heterocycles. The van der Waals surface area contributed by atoms with Gasteiger partial charge in [0.2, 0.25) is 0 Å². The molecule has 0 saturated heterocycles. The molecule has 3 rings (SSSR count). The van der Waals surface area contributed by atoms with Crippen LogP contribution < -0.4 is 5.32 Å². The van der Waals surface area contributed by atoms with E-state index in [4.69, 9.17) is 0 Å². The van der Waals surface area contributed by atoms with Gasteiger partial charge in [-0.2, -0.15) is 0 Å². The molecule has 1 saturated carbocycles. The molecule has 2 heteroatoms. The molecule has 0 aliphatic heterocycles. The van der Waals surface area contributed by atoms with Crippen LogP contribution in [0.5, 0.6) is 0 Å². The van der Waals surface area contributed by atoms with Crippen LogP contribution in [0.4, 0.5) is 0 Å². The van der Waals surface area contributed by atoms with Gasteiger partial charge in [0.15, 0.2) is 0 Å². The molecule has 2 aliphatic rings. The van der Waals surface area contributed by atoms with Gasteiger partial charge in [0.25, 0.3) is 0 Å². The van der Waals surface area contributed by atoms with Gasteiger partial charge >= 0.3 is 0 Å². The minimum Gasteiger partial charge on any atom is -0.312 e. The van der Waals surface area contributed by atoms with Gasteiger partial charge in [0.1, 0.15) is 0 Å². The summed E-state index contributed by atoms with van der Waals surface area (Å²) in [6, 6.07) is 10.9. The molecular weight excluding hydrogens is 256 g/mol. The molecule has 1 N–H and O–H groups in total. The topological polar surface area (TPSA) is 15.3 Å². The van der Waals surface area contributed by atoms with Crippen molar-refractivity contribution in [3.05, 3.63) is 35.4 Å². The third kappa shape index (κ3) is 2.89. The number of benzene rings is 1. The fourth-order valence-corrected chi connectivity index (χ4v) is 4.53. The van der Waals surface area contributed by atoms with Gasteiger partial charge < -0.3 is 5.32 Å². The van der Waals surface area contributed by atoms with Crippen molar-refractivity contribution in [2.24, 2.45) is 5.92 Å². The Balaban J connectivity index is 1.70. The van der Waals surface area contributed by atoms with Crippen molar-refractivity contribution in [1.29, 1.82) is 0 Å². The molecule has 0 heterocycles. The van der Waals surface area contributed by atoms with E-state index in [1.165, 1.54) is 49.7 Å². The molecule has 2 nitrogen and oxygen atoms in total.